The number of hydrogen-bond donors (Lipinski definition) is 1. The minimum Gasteiger partial charge on any atom is -0.454 e. The molecule has 29 heavy (non-hydrogen) atoms. The maximum Gasteiger partial charge on any atom is 0.338 e. The van der Waals surface area contributed by atoms with Crippen LogP contribution in [0.1, 0.15) is 38.0 Å². The van der Waals surface area contributed by atoms with Gasteiger partial charge in [-0.3, -0.25) is 4.79 Å². The van der Waals surface area contributed by atoms with Crippen LogP contribution in [0.25, 0.3) is 15.9 Å². The monoisotopic (exact) mass is 407 g/mol. The first-order valence-corrected chi connectivity index (χ1v) is 10.1. The number of nitrogens with one attached hydrogen (secondary N) is 1. The minimum atomic E-state index is -0.459. The second kappa shape index (κ2) is 7.33. The van der Waals surface area contributed by atoms with E-state index in [4.69, 9.17) is 4.74 Å². The van der Waals surface area contributed by atoms with Gasteiger partial charge in [0.15, 0.2) is 0 Å². The highest BCUT2D eigenvalue weighted by Crippen LogP contribution is 2.25. The maximum absolute atomic E-state index is 12.4. The first kappa shape index (κ1) is 19.1. The van der Waals surface area contributed by atoms with Crippen molar-refractivity contribution < 1.29 is 9.53 Å². The molecule has 0 fully saturated rings. The van der Waals surface area contributed by atoms with Crippen molar-refractivity contribution in [2.75, 3.05) is 0 Å². The van der Waals surface area contributed by atoms with Gasteiger partial charge in [-0.1, -0.05) is 0 Å². The van der Waals surface area contributed by atoms with Gasteiger partial charge in [-0.2, -0.15) is 0 Å². The Kier molecular flexibility index (Phi) is 4.84. The van der Waals surface area contributed by atoms with E-state index >= 15 is 0 Å². The number of hydrogen-bond acceptors (Lipinski definition) is 5. The van der Waals surface area contributed by atoms with E-state index in [-0.39, 0.29) is 12.2 Å². The Balaban J connectivity index is 1.50. The van der Waals surface area contributed by atoms with E-state index in [0.29, 0.717) is 21.6 Å². The van der Waals surface area contributed by atoms with Crippen LogP contribution in [0.5, 0.6) is 0 Å². The van der Waals surface area contributed by atoms with Crippen LogP contribution in [0.15, 0.2) is 41.2 Å². The molecule has 0 atom stereocenters. The second-order valence-corrected chi connectivity index (χ2v) is 8.25. The predicted molar refractivity (Wildman–Crippen MR) is 114 cm³/mol. The van der Waals surface area contributed by atoms with Crippen molar-refractivity contribution >= 4 is 27.5 Å². The van der Waals surface area contributed by atoms with Crippen molar-refractivity contribution in [2.45, 2.75) is 34.3 Å². The highest BCUT2D eigenvalue weighted by Gasteiger charge is 2.14. The molecular weight excluding hydrogens is 386 g/mol. The summed E-state index contributed by atoms with van der Waals surface area (Å²) in [5, 5.41) is 0.605. The molecule has 6 nitrogen and oxygen atoms in total. The lowest BCUT2D eigenvalue weighted by Gasteiger charge is -2.10. The van der Waals surface area contributed by atoms with Crippen LogP contribution in [0.2, 0.25) is 0 Å². The molecule has 0 spiro atoms. The zero-order valence-corrected chi connectivity index (χ0v) is 17.5. The summed E-state index contributed by atoms with van der Waals surface area (Å²) >= 11 is 1.47. The van der Waals surface area contributed by atoms with Crippen molar-refractivity contribution in [3.63, 3.8) is 0 Å². The lowest BCUT2D eigenvalue weighted by Crippen LogP contribution is -2.14. The van der Waals surface area contributed by atoms with Crippen molar-refractivity contribution in [1.82, 2.24) is 14.5 Å². The van der Waals surface area contributed by atoms with Crippen LogP contribution in [0, 0.1) is 27.7 Å². The molecular formula is C22H21N3O3S. The number of H-pyrrole nitrogens is 1. The summed E-state index contributed by atoms with van der Waals surface area (Å²) in [7, 11) is 0. The van der Waals surface area contributed by atoms with Crippen LogP contribution < -0.4 is 5.56 Å². The number of fused-ring (bicyclic) bond motifs is 1. The molecule has 4 aromatic rings. The number of aromatic nitrogens is 3. The standard InChI is InChI=1S/C22H21N3O3S/c1-12-5-6-13(2)25(12)17-9-7-16(8-10-17)22(27)28-11-18-23-20(26)19-14(3)15(4)29-21(19)24-18/h5-10H,11H2,1-4H3,(H,23,24,26). The van der Waals surface area contributed by atoms with Gasteiger partial charge < -0.3 is 14.3 Å². The Morgan fingerprint density at radius 1 is 1.07 bits per heavy atom. The Morgan fingerprint density at radius 2 is 1.72 bits per heavy atom. The van der Waals surface area contributed by atoms with Crippen molar-refractivity contribution in [2.24, 2.45) is 0 Å². The molecule has 1 N–H and O–H groups in total. The molecule has 1 aromatic carbocycles. The van der Waals surface area contributed by atoms with Crippen LogP contribution in [0.4, 0.5) is 0 Å². The molecule has 3 aromatic heterocycles. The van der Waals surface area contributed by atoms with Gasteiger partial charge in [0.2, 0.25) is 0 Å². The smallest absolute Gasteiger partial charge is 0.338 e. The summed E-state index contributed by atoms with van der Waals surface area (Å²) in [5.74, 6) is -0.119. The number of nitrogens with zero attached hydrogens (tertiary/aromatic N) is 2. The van der Waals surface area contributed by atoms with E-state index in [9.17, 15) is 9.59 Å². The molecule has 4 rings (SSSR count). The zero-order chi connectivity index (χ0) is 20.7. The van der Waals surface area contributed by atoms with Gasteiger partial charge >= 0.3 is 5.97 Å². The minimum absolute atomic E-state index is 0.0857. The molecule has 0 aliphatic rings. The Labute approximate surface area is 171 Å². The fourth-order valence-corrected chi connectivity index (χ4v) is 4.46. The highest BCUT2D eigenvalue weighted by atomic mass is 32.1. The van der Waals surface area contributed by atoms with E-state index in [1.54, 1.807) is 12.1 Å². The quantitative estimate of drug-likeness (QED) is 0.510. The number of benzene rings is 1. The van der Waals surface area contributed by atoms with Gasteiger partial charge in [-0.05, 0) is 69.7 Å². The first-order valence-electron chi connectivity index (χ1n) is 9.26. The molecule has 0 aliphatic carbocycles. The summed E-state index contributed by atoms with van der Waals surface area (Å²) in [6.07, 6.45) is 0. The van der Waals surface area contributed by atoms with Gasteiger partial charge in [0.05, 0.1) is 10.9 Å². The third kappa shape index (κ3) is 3.49. The topological polar surface area (TPSA) is 77.0 Å². The molecule has 3 heterocycles. The van der Waals surface area contributed by atoms with Crippen molar-refractivity contribution in [1.29, 1.82) is 0 Å². The number of rotatable bonds is 4. The van der Waals surface area contributed by atoms with E-state index < -0.39 is 5.97 Å². The van der Waals surface area contributed by atoms with Crippen LogP contribution in [0.3, 0.4) is 0 Å². The molecule has 0 saturated carbocycles. The fraction of sp³-hybridized carbons (Fsp3) is 0.227. The van der Waals surface area contributed by atoms with Gasteiger partial charge in [-0.25, -0.2) is 9.78 Å². The molecule has 0 saturated heterocycles. The highest BCUT2D eigenvalue weighted by molar-refractivity contribution is 7.18. The zero-order valence-electron chi connectivity index (χ0n) is 16.7. The van der Waals surface area contributed by atoms with Crippen LogP contribution in [-0.2, 0) is 11.3 Å². The molecule has 0 radical (unpaired) electrons. The Hall–Kier alpha value is -3.19. The Morgan fingerprint density at radius 3 is 2.38 bits per heavy atom. The maximum atomic E-state index is 12.4. The number of thiophene rings is 1. The van der Waals surface area contributed by atoms with Gasteiger partial charge in [0.25, 0.3) is 5.56 Å². The first-order chi connectivity index (χ1) is 13.8. The molecule has 7 heteroatoms. The average molecular weight is 407 g/mol. The fourth-order valence-electron chi connectivity index (χ4n) is 3.41. The molecule has 0 unspecified atom stereocenters. The third-order valence-corrected chi connectivity index (χ3v) is 6.16. The lowest BCUT2D eigenvalue weighted by atomic mass is 10.2. The number of carbonyl (C=O) groups is 1. The normalized spacial score (nSPS) is 11.2. The number of ether oxygens (including phenoxy) is 1. The SMILES string of the molecule is Cc1sc2nc(COC(=O)c3ccc(-n4c(C)ccc4C)cc3)[nH]c(=O)c2c1C. The number of esters is 1. The van der Waals surface area contributed by atoms with Crippen molar-refractivity contribution in [3.05, 3.63) is 80.0 Å². The van der Waals surface area contributed by atoms with E-state index in [0.717, 1.165) is 27.5 Å². The third-order valence-electron chi connectivity index (χ3n) is 5.06. The van der Waals surface area contributed by atoms with Gasteiger partial charge in [-0.15, -0.1) is 11.3 Å². The molecule has 0 amide bonds. The van der Waals surface area contributed by atoms with E-state index in [1.165, 1.54) is 11.3 Å². The number of aryl methyl sites for hydroxylation is 4. The van der Waals surface area contributed by atoms with E-state index in [2.05, 4.69) is 26.7 Å². The van der Waals surface area contributed by atoms with E-state index in [1.807, 2.05) is 39.8 Å². The average Bonchev–Trinajstić information content (AvgIpc) is 3.18. The summed E-state index contributed by atoms with van der Waals surface area (Å²) in [6.45, 7) is 7.86. The van der Waals surface area contributed by atoms with Crippen molar-refractivity contribution in [3.8, 4) is 5.69 Å². The van der Waals surface area contributed by atoms with Crippen LogP contribution in [-0.4, -0.2) is 20.5 Å². The summed E-state index contributed by atoms with van der Waals surface area (Å²) in [4.78, 5) is 33.6. The van der Waals surface area contributed by atoms with Gasteiger partial charge in [0.1, 0.15) is 17.3 Å². The summed E-state index contributed by atoms with van der Waals surface area (Å²) < 4.78 is 7.47. The van der Waals surface area contributed by atoms with Crippen LogP contribution >= 0.6 is 11.3 Å². The largest absolute Gasteiger partial charge is 0.454 e. The molecule has 0 bridgehead atoms. The molecule has 0 aliphatic heterocycles. The summed E-state index contributed by atoms with van der Waals surface area (Å²) in [6, 6.07) is 11.4. The predicted octanol–water partition coefficient (Wildman–Crippen LogP) is 4.37. The van der Waals surface area contributed by atoms with Gasteiger partial charge in [0, 0.05) is 22.0 Å². The number of carbonyl (C=O) groups excluding carboxylic acids is 1. The lowest BCUT2D eigenvalue weighted by molar-refractivity contribution is 0.0462. The Bertz CT molecular complexity index is 1260. The number of aromatic amines is 1. The second-order valence-electron chi connectivity index (χ2n) is 7.05. The summed E-state index contributed by atoms with van der Waals surface area (Å²) in [5.41, 5.74) is 4.42. The molecule has 148 valence electrons.